The van der Waals surface area contributed by atoms with Crippen LogP contribution in [0.1, 0.15) is 31.1 Å². The minimum Gasteiger partial charge on any atom is -0.477 e. The Morgan fingerprint density at radius 3 is 2.20 bits per heavy atom. The van der Waals surface area contributed by atoms with Crippen LogP contribution in [-0.4, -0.2) is 82.1 Å². The molecular weight excluding hydrogens is 530 g/mol. The van der Waals surface area contributed by atoms with Gasteiger partial charge in [0.1, 0.15) is 17.1 Å². The molecule has 4 rings (SSSR count). The highest BCUT2D eigenvalue weighted by molar-refractivity contribution is 8.00. The average Bonchev–Trinajstić information content (AvgIpc) is 2.94. The van der Waals surface area contributed by atoms with Gasteiger partial charge in [0.2, 0.25) is 5.91 Å². The summed E-state index contributed by atoms with van der Waals surface area (Å²) in [4.78, 5) is 51.7. The van der Waals surface area contributed by atoms with E-state index in [4.69, 9.17) is 4.74 Å². The molecule has 9 nitrogen and oxygen atoms in total. The van der Waals surface area contributed by atoms with Crippen LogP contribution in [0.3, 0.4) is 0 Å². The van der Waals surface area contributed by atoms with Crippen LogP contribution in [0.2, 0.25) is 0 Å². The fourth-order valence-corrected chi connectivity index (χ4v) is 5.97. The normalized spacial score (nSPS) is 19.7. The number of ether oxygens (including phenoxy) is 1. The minimum atomic E-state index is -0.902. The first kappa shape index (κ1) is 29.1. The van der Waals surface area contributed by atoms with Gasteiger partial charge in [0.15, 0.2) is 12.1 Å². The van der Waals surface area contributed by atoms with Gasteiger partial charge in [-0.1, -0.05) is 66.7 Å². The Balaban J connectivity index is 1.68. The summed E-state index contributed by atoms with van der Waals surface area (Å²) >= 11 is 1.45. The molecule has 2 aromatic rings. The first-order valence-corrected chi connectivity index (χ1v) is 14.0. The lowest BCUT2D eigenvalue weighted by Gasteiger charge is -2.49. The van der Waals surface area contributed by atoms with Crippen LogP contribution >= 0.6 is 11.8 Å². The number of nitrogens with one attached hydrogen (secondary N) is 1. The number of likely N-dealkylation sites (N-methyl/N-ethyl adjacent to an activating group) is 1. The summed E-state index contributed by atoms with van der Waals surface area (Å²) in [6, 6.07) is 17.4. The zero-order valence-corrected chi connectivity index (χ0v) is 23.8. The summed E-state index contributed by atoms with van der Waals surface area (Å²) < 4.78 is 6.32. The van der Waals surface area contributed by atoms with Crippen LogP contribution in [0.25, 0.3) is 0 Å². The number of rotatable bonds is 10. The number of hydrogen-bond donors (Lipinski definition) is 2. The van der Waals surface area contributed by atoms with Crippen molar-refractivity contribution in [2.24, 2.45) is 0 Å². The van der Waals surface area contributed by atoms with Crippen LogP contribution < -0.4 is 5.32 Å². The van der Waals surface area contributed by atoms with Gasteiger partial charge in [0.25, 0.3) is 5.91 Å². The fourth-order valence-electron chi connectivity index (χ4n) is 4.65. The molecule has 3 atom stereocenters. The molecule has 0 aliphatic carbocycles. The Bertz CT molecular complexity index is 1300. The van der Waals surface area contributed by atoms with Crippen LogP contribution in [0.4, 0.5) is 0 Å². The third-order valence-corrected chi connectivity index (χ3v) is 8.58. The second-order valence-corrected chi connectivity index (χ2v) is 11.6. The molecule has 0 saturated carbocycles. The molecule has 0 aromatic heterocycles. The van der Waals surface area contributed by atoms with Gasteiger partial charge < -0.3 is 19.6 Å². The zero-order valence-electron chi connectivity index (χ0n) is 22.9. The van der Waals surface area contributed by atoms with Crippen molar-refractivity contribution in [2.45, 2.75) is 37.4 Å². The predicted molar refractivity (Wildman–Crippen MR) is 152 cm³/mol. The molecule has 40 heavy (non-hydrogen) atoms. The van der Waals surface area contributed by atoms with E-state index in [1.807, 2.05) is 80.8 Å². The molecule has 2 aromatic carbocycles. The van der Waals surface area contributed by atoms with Gasteiger partial charge in [-0.25, -0.2) is 9.59 Å². The molecule has 0 bridgehead atoms. The van der Waals surface area contributed by atoms with Gasteiger partial charge in [0.05, 0.1) is 20.6 Å². The first-order valence-electron chi connectivity index (χ1n) is 13.0. The number of fused-ring (bicyclic) bond motifs is 1. The number of carbonyl (C=O) groups is 4. The maximum absolute atomic E-state index is 13.9. The molecule has 210 valence electrons. The van der Waals surface area contributed by atoms with Gasteiger partial charge in [-0.3, -0.25) is 14.5 Å². The molecular formula is C30H34N3O6S+. The Hall–Kier alpha value is -3.89. The average molecular weight is 565 g/mol. The number of quaternary nitrogens is 1. The highest BCUT2D eigenvalue weighted by Crippen LogP contribution is 2.42. The lowest BCUT2D eigenvalue weighted by molar-refractivity contribution is -0.899. The maximum Gasteiger partial charge on any atom is 0.362 e. The third kappa shape index (κ3) is 6.13. The molecule has 0 radical (unpaired) electrons. The van der Waals surface area contributed by atoms with E-state index in [0.29, 0.717) is 17.9 Å². The van der Waals surface area contributed by atoms with Crippen molar-refractivity contribution in [2.75, 3.05) is 26.4 Å². The summed E-state index contributed by atoms with van der Waals surface area (Å²) in [7, 11) is 3.64. The summed E-state index contributed by atoms with van der Waals surface area (Å²) in [5, 5.41) is 11.7. The summed E-state index contributed by atoms with van der Waals surface area (Å²) in [5.74, 6) is -1.84. The van der Waals surface area contributed by atoms with Gasteiger partial charge in [-0.05, 0) is 29.7 Å². The van der Waals surface area contributed by atoms with E-state index in [1.165, 1.54) is 23.6 Å². The van der Waals surface area contributed by atoms with Crippen molar-refractivity contribution in [3.63, 3.8) is 0 Å². The van der Waals surface area contributed by atoms with Crippen molar-refractivity contribution in [1.29, 1.82) is 0 Å². The largest absolute Gasteiger partial charge is 0.477 e. The Labute approximate surface area is 238 Å². The predicted octanol–water partition coefficient (Wildman–Crippen LogP) is 3.10. The maximum atomic E-state index is 13.9. The molecule has 1 fully saturated rings. The lowest BCUT2D eigenvalue weighted by atomic mass is 10.0. The highest BCUT2D eigenvalue weighted by atomic mass is 32.2. The Kier molecular flexibility index (Phi) is 8.80. The second-order valence-electron chi connectivity index (χ2n) is 10.4. The van der Waals surface area contributed by atoms with Crippen molar-refractivity contribution >= 4 is 35.5 Å². The number of benzene rings is 2. The van der Waals surface area contributed by atoms with Crippen molar-refractivity contribution in [1.82, 2.24) is 10.2 Å². The number of esters is 1. The summed E-state index contributed by atoms with van der Waals surface area (Å²) in [6.07, 6.45) is 2.90. The van der Waals surface area contributed by atoms with E-state index >= 15 is 0 Å². The first-order chi connectivity index (χ1) is 19.0. The zero-order chi connectivity index (χ0) is 29.0. The third-order valence-electron chi connectivity index (χ3n) is 7.28. The Morgan fingerprint density at radius 1 is 1.10 bits per heavy atom. The van der Waals surface area contributed by atoms with Gasteiger partial charge in [-0.15, -0.1) is 11.8 Å². The molecule has 2 amide bonds. The van der Waals surface area contributed by atoms with Crippen molar-refractivity contribution in [3.05, 3.63) is 95.2 Å². The minimum absolute atomic E-state index is 0.139. The van der Waals surface area contributed by atoms with Crippen LogP contribution in [0, 0.1) is 0 Å². The van der Waals surface area contributed by atoms with Crippen molar-refractivity contribution in [3.8, 4) is 0 Å². The van der Waals surface area contributed by atoms with E-state index in [9.17, 15) is 24.3 Å². The highest BCUT2D eigenvalue weighted by Gasteiger charge is 2.54. The van der Waals surface area contributed by atoms with Crippen LogP contribution in [0.5, 0.6) is 0 Å². The lowest BCUT2D eigenvalue weighted by Crippen LogP contribution is -2.70. The number of amides is 2. The van der Waals surface area contributed by atoms with E-state index in [0.717, 1.165) is 11.1 Å². The molecule has 1 unspecified atom stereocenters. The number of allylic oxidation sites excluding steroid dienone is 1. The topological polar surface area (TPSA) is 113 Å². The van der Waals surface area contributed by atoms with Gasteiger partial charge >= 0.3 is 11.9 Å². The quantitative estimate of drug-likeness (QED) is 0.259. The van der Waals surface area contributed by atoms with Crippen LogP contribution in [0.15, 0.2) is 84.1 Å². The van der Waals surface area contributed by atoms with Gasteiger partial charge in [-0.2, -0.15) is 0 Å². The number of aliphatic carboxylic acids is 1. The second kappa shape index (κ2) is 12.1. The number of β-lactam (4-membered cyclic amide) rings is 1. The molecule has 2 aliphatic rings. The molecule has 2 N–H and O–H groups in total. The van der Waals surface area contributed by atoms with E-state index < -0.39 is 35.5 Å². The number of carbonyl (C=O) groups excluding carboxylic acids is 3. The number of nitrogens with zero attached hydrogens (tertiary/aromatic N) is 2. The van der Waals surface area contributed by atoms with E-state index in [1.54, 1.807) is 13.0 Å². The molecule has 0 spiro atoms. The standard InChI is InChI=1S/C30H33N3O6S/c1-19(29(36)37)33(3,4)17-11-16-23-18-40-28-24(31-20(2)34)27(35)32(28)25(23)30(38)39-26(21-12-7-5-8-13-21)22-14-9-6-10-15-22/h5-16,19,24,26,28H,17-18H2,1-4H3,(H-,31,34,36,37)/p+1/b16-11+/t19?,24-,28+/m1/s1. The monoisotopic (exact) mass is 564 g/mol. The fraction of sp³-hybridized carbons (Fsp3) is 0.333. The number of carboxylic acids is 1. The molecule has 10 heteroatoms. The van der Waals surface area contributed by atoms with Crippen molar-refractivity contribution < 1.29 is 33.5 Å². The number of carboxylic acid groups (broad SMARTS) is 1. The molecule has 1 saturated heterocycles. The Morgan fingerprint density at radius 2 is 1.68 bits per heavy atom. The smallest absolute Gasteiger partial charge is 0.362 e. The summed E-state index contributed by atoms with van der Waals surface area (Å²) in [6.45, 7) is 3.39. The number of hydrogen-bond acceptors (Lipinski definition) is 6. The van der Waals surface area contributed by atoms with E-state index in [2.05, 4.69) is 5.32 Å². The van der Waals surface area contributed by atoms with Gasteiger partial charge in [0, 0.05) is 12.7 Å². The SMILES string of the molecule is CC(=O)N[C@@H]1C(=O)N2C(C(=O)OC(c3ccccc3)c3ccccc3)=C(/C=C/C[N+](C)(C)C(C)C(=O)O)CS[C@@H]12. The molecule has 2 aliphatic heterocycles. The molecule has 2 heterocycles. The summed E-state index contributed by atoms with van der Waals surface area (Å²) in [5.41, 5.74) is 2.31. The number of thioether (sulfide) groups is 1. The van der Waals surface area contributed by atoms with E-state index in [-0.39, 0.29) is 22.0 Å². The van der Waals surface area contributed by atoms with Crippen LogP contribution in [-0.2, 0) is 23.9 Å².